The number of likely N-dealkylation sites (tertiary alicyclic amines) is 1. The van der Waals surface area contributed by atoms with E-state index in [4.69, 9.17) is 9.15 Å². The van der Waals surface area contributed by atoms with Crippen LogP contribution in [0.5, 0.6) is 5.75 Å². The number of benzene rings is 1. The number of rotatable bonds is 6. The highest BCUT2D eigenvalue weighted by molar-refractivity contribution is 7.10. The summed E-state index contributed by atoms with van der Waals surface area (Å²) in [5.41, 5.74) is 3.25. The molecule has 0 saturated carbocycles. The quantitative estimate of drug-likeness (QED) is 0.286. The van der Waals surface area contributed by atoms with Gasteiger partial charge in [-0.2, -0.15) is 0 Å². The third-order valence-electron chi connectivity index (χ3n) is 6.05. The maximum Gasteiger partial charge on any atom is 0.296 e. The third-order valence-corrected chi connectivity index (χ3v) is 7.12. The van der Waals surface area contributed by atoms with E-state index in [9.17, 15) is 14.7 Å². The van der Waals surface area contributed by atoms with Crippen molar-refractivity contribution in [3.8, 4) is 5.75 Å². The minimum absolute atomic E-state index is 0.0973. The normalized spacial score (nSPS) is 17.9. The lowest BCUT2D eigenvalue weighted by molar-refractivity contribution is -0.140. The Morgan fingerprint density at radius 2 is 1.97 bits per heavy atom. The number of nitrogens with zero attached hydrogens (tertiary/aromatic N) is 1. The number of ketones is 1. The van der Waals surface area contributed by atoms with Crippen LogP contribution in [0.4, 0.5) is 0 Å². The molecule has 3 aromatic rings. The molecule has 0 aliphatic carbocycles. The summed E-state index contributed by atoms with van der Waals surface area (Å²) in [7, 11) is 1.61. The Morgan fingerprint density at radius 3 is 2.55 bits per heavy atom. The van der Waals surface area contributed by atoms with Gasteiger partial charge in [-0.05, 0) is 72.2 Å². The molecule has 0 bridgehead atoms. The van der Waals surface area contributed by atoms with Gasteiger partial charge < -0.3 is 19.2 Å². The Kier molecular flexibility index (Phi) is 6.17. The van der Waals surface area contributed by atoms with Gasteiger partial charge in [0.2, 0.25) is 0 Å². The molecule has 1 aliphatic rings. The van der Waals surface area contributed by atoms with Gasteiger partial charge in [0, 0.05) is 10.4 Å². The van der Waals surface area contributed by atoms with Crippen LogP contribution in [-0.4, -0.2) is 28.8 Å². The van der Waals surface area contributed by atoms with Gasteiger partial charge in [-0.25, -0.2) is 0 Å². The molecule has 1 N–H and O–H groups in total. The molecule has 7 heteroatoms. The molecule has 6 nitrogen and oxygen atoms in total. The highest BCUT2D eigenvalue weighted by atomic mass is 32.1. The van der Waals surface area contributed by atoms with E-state index in [0.29, 0.717) is 11.3 Å². The highest BCUT2D eigenvalue weighted by Crippen LogP contribution is 2.44. The fourth-order valence-corrected chi connectivity index (χ4v) is 5.32. The Morgan fingerprint density at radius 1 is 1.21 bits per heavy atom. The molecule has 1 fully saturated rings. The van der Waals surface area contributed by atoms with Crippen LogP contribution in [0, 0.1) is 13.8 Å². The smallest absolute Gasteiger partial charge is 0.296 e. The number of aliphatic hydroxyl groups excluding tert-OH is 1. The summed E-state index contributed by atoms with van der Waals surface area (Å²) in [6.45, 7) is 8.00. The van der Waals surface area contributed by atoms with Crippen LogP contribution in [0.25, 0.3) is 5.76 Å². The van der Waals surface area contributed by atoms with Gasteiger partial charge in [0.15, 0.2) is 0 Å². The second-order valence-corrected chi connectivity index (χ2v) is 9.49. The number of furan rings is 1. The molecule has 1 atom stereocenters. The summed E-state index contributed by atoms with van der Waals surface area (Å²) < 4.78 is 11.0. The lowest BCUT2D eigenvalue weighted by atomic mass is 9.92. The highest BCUT2D eigenvalue weighted by Gasteiger charge is 2.47. The summed E-state index contributed by atoms with van der Waals surface area (Å²) in [6, 6.07) is 8.47. The predicted molar refractivity (Wildman–Crippen MR) is 127 cm³/mol. The number of thiophene rings is 1. The van der Waals surface area contributed by atoms with E-state index in [-0.39, 0.29) is 23.8 Å². The average molecular weight is 466 g/mol. The van der Waals surface area contributed by atoms with Crippen LogP contribution in [0.15, 0.2) is 52.0 Å². The summed E-state index contributed by atoms with van der Waals surface area (Å²) in [4.78, 5) is 28.7. The van der Waals surface area contributed by atoms with Crippen molar-refractivity contribution in [2.75, 3.05) is 7.11 Å². The van der Waals surface area contributed by atoms with Gasteiger partial charge in [0.25, 0.3) is 11.7 Å². The Labute approximate surface area is 197 Å². The number of ether oxygens (including phenoxy) is 1. The summed E-state index contributed by atoms with van der Waals surface area (Å²) in [5, 5.41) is 13.4. The lowest BCUT2D eigenvalue weighted by Gasteiger charge is -2.24. The van der Waals surface area contributed by atoms with Crippen molar-refractivity contribution in [3.05, 3.63) is 80.4 Å². The van der Waals surface area contributed by atoms with Gasteiger partial charge >= 0.3 is 0 Å². The van der Waals surface area contributed by atoms with Gasteiger partial charge in [-0.3, -0.25) is 9.59 Å². The largest absolute Gasteiger partial charge is 0.507 e. The molecule has 4 rings (SSSR count). The minimum Gasteiger partial charge on any atom is -0.507 e. The van der Waals surface area contributed by atoms with Crippen molar-refractivity contribution < 1.29 is 23.8 Å². The molecular weight excluding hydrogens is 438 g/mol. The predicted octanol–water partition coefficient (Wildman–Crippen LogP) is 5.71. The number of hydrogen-bond acceptors (Lipinski definition) is 6. The van der Waals surface area contributed by atoms with Crippen LogP contribution in [0.3, 0.4) is 0 Å². The number of aliphatic hydroxyl groups is 1. The second-order valence-electron chi connectivity index (χ2n) is 8.54. The van der Waals surface area contributed by atoms with Crippen molar-refractivity contribution >= 4 is 28.8 Å². The Hall–Kier alpha value is -3.32. The first-order valence-electron chi connectivity index (χ1n) is 10.8. The Bertz CT molecular complexity index is 1240. The van der Waals surface area contributed by atoms with Crippen molar-refractivity contribution in [3.63, 3.8) is 0 Å². The SMILES string of the molecule is COc1cc(C)c(/C(O)=C2\C(=O)C(=O)N(Cc3ccco3)C2c2sccc2C)cc1C(C)C. The first-order valence-corrected chi connectivity index (χ1v) is 11.7. The molecule has 2 aromatic heterocycles. The van der Waals surface area contributed by atoms with E-state index < -0.39 is 17.7 Å². The average Bonchev–Trinajstić information content (AvgIpc) is 3.50. The van der Waals surface area contributed by atoms with Crippen molar-refractivity contribution in [2.24, 2.45) is 0 Å². The molecule has 1 aliphatic heterocycles. The fraction of sp³-hybridized carbons (Fsp3) is 0.308. The van der Waals surface area contributed by atoms with Gasteiger partial charge in [-0.1, -0.05) is 13.8 Å². The number of hydrogen-bond donors (Lipinski definition) is 1. The number of carbonyl (C=O) groups excluding carboxylic acids is 2. The molecule has 1 amide bonds. The number of amides is 1. The van der Waals surface area contributed by atoms with Gasteiger partial charge in [-0.15, -0.1) is 11.3 Å². The Balaban J connectivity index is 1.92. The van der Waals surface area contributed by atoms with E-state index in [1.54, 1.807) is 19.2 Å². The molecule has 0 spiro atoms. The van der Waals surface area contributed by atoms with Crippen LogP contribution in [0.2, 0.25) is 0 Å². The van der Waals surface area contributed by atoms with Crippen LogP contribution < -0.4 is 4.74 Å². The van der Waals surface area contributed by atoms with Gasteiger partial charge in [0.05, 0.1) is 25.5 Å². The molecule has 1 unspecified atom stereocenters. The van der Waals surface area contributed by atoms with E-state index in [1.165, 1.54) is 22.5 Å². The van der Waals surface area contributed by atoms with E-state index in [2.05, 4.69) is 0 Å². The summed E-state index contributed by atoms with van der Waals surface area (Å²) >= 11 is 1.46. The zero-order valence-corrected chi connectivity index (χ0v) is 20.2. The zero-order valence-electron chi connectivity index (χ0n) is 19.3. The molecule has 0 radical (unpaired) electrons. The number of aryl methyl sites for hydroxylation is 2. The van der Waals surface area contributed by atoms with E-state index in [0.717, 1.165) is 27.3 Å². The number of methoxy groups -OCH3 is 1. The van der Waals surface area contributed by atoms with Crippen molar-refractivity contribution in [1.29, 1.82) is 0 Å². The molecule has 172 valence electrons. The van der Waals surface area contributed by atoms with Crippen LogP contribution in [0.1, 0.15) is 58.7 Å². The number of Topliss-reactive ketones (excluding diaryl/α,β-unsaturated/α-hetero) is 1. The first kappa shape index (κ1) is 22.9. The van der Waals surface area contributed by atoms with Crippen molar-refractivity contribution in [1.82, 2.24) is 4.90 Å². The molecule has 1 saturated heterocycles. The molecular formula is C26H27NO5S. The summed E-state index contributed by atoms with van der Waals surface area (Å²) in [5.74, 6) is -0.0834. The maximum atomic E-state index is 13.3. The maximum absolute atomic E-state index is 13.3. The van der Waals surface area contributed by atoms with Gasteiger partial charge in [0.1, 0.15) is 23.3 Å². The van der Waals surface area contributed by atoms with Crippen molar-refractivity contribution in [2.45, 2.75) is 46.2 Å². The lowest BCUT2D eigenvalue weighted by Crippen LogP contribution is -2.28. The second kappa shape index (κ2) is 8.90. The minimum atomic E-state index is -0.696. The third kappa shape index (κ3) is 3.97. The monoisotopic (exact) mass is 465 g/mol. The van der Waals surface area contributed by atoms with E-state index in [1.807, 2.05) is 51.3 Å². The fourth-order valence-electron chi connectivity index (χ4n) is 4.28. The van der Waals surface area contributed by atoms with Crippen LogP contribution >= 0.6 is 11.3 Å². The molecule has 33 heavy (non-hydrogen) atoms. The van der Waals surface area contributed by atoms with Crippen LogP contribution in [-0.2, 0) is 16.1 Å². The zero-order chi connectivity index (χ0) is 23.9. The molecule has 3 heterocycles. The first-order chi connectivity index (χ1) is 15.7. The van der Waals surface area contributed by atoms with E-state index >= 15 is 0 Å². The summed E-state index contributed by atoms with van der Waals surface area (Å²) in [6.07, 6.45) is 1.53. The molecule has 1 aromatic carbocycles. The number of carbonyl (C=O) groups is 2. The standard InChI is InChI=1S/C26H27NO5S/c1-14(2)18-12-19(16(4)11-20(18)31-5)23(28)21-22(25-15(3)8-10-33-25)27(26(30)24(21)29)13-17-7-6-9-32-17/h6-12,14,22,28H,13H2,1-5H3/b23-21+. The topological polar surface area (TPSA) is 80.0 Å².